The molecule has 0 aliphatic carbocycles. The number of carbonyl (C=O) groups is 1. The molecule has 0 fully saturated rings. The Morgan fingerprint density at radius 3 is 2.47 bits per heavy atom. The number of para-hydroxylation sites is 1. The number of nitrogens with one attached hydrogen (secondary N) is 2. The predicted octanol–water partition coefficient (Wildman–Crippen LogP) is 3.50. The van der Waals surface area contributed by atoms with Crippen molar-refractivity contribution in [2.75, 3.05) is 4.72 Å². The van der Waals surface area contributed by atoms with Crippen LogP contribution in [-0.2, 0) is 10.0 Å². The van der Waals surface area contributed by atoms with Crippen LogP contribution >= 0.6 is 0 Å². The first-order valence-corrected chi connectivity index (χ1v) is 11.1. The molecule has 0 unspecified atom stereocenters. The van der Waals surface area contributed by atoms with E-state index in [1.807, 2.05) is 13.0 Å². The molecule has 0 spiro atoms. The van der Waals surface area contributed by atoms with E-state index in [0.29, 0.717) is 22.5 Å². The summed E-state index contributed by atoms with van der Waals surface area (Å²) in [4.78, 5) is 20.6. The standard InChI is InChI=1S/C23H19N5O3S/c1-16-5-9-20(10-6-16)32(30,31)28-21-4-2-3-17-7-8-19(26-22(17)21)15-25-27-23(29)18-11-13-24-14-12-18/h2-15,28H,1H3,(H,27,29)/b25-15+. The van der Waals surface area contributed by atoms with E-state index in [1.165, 1.54) is 18.6 Å². The molecule has 0 saturated carbocycles. The number of carbonyl (C=O) groups excluding carboxylic acids is 1. The van der Waals surface area contributed by atoms with Gasteiger partial charge in [0.25, 0.3) is 15.9 Å². The second-order valence-corrected chi connectivity index (χ2v) is 8.65. The van der Waals surface area contributed by atoms with Crippen molar-refractivity contribution in [1.82, 2.24) is 15.4 Å². The summed E-state index contributed by atoms with van der Waals surface area (Å²) < 4.78 is 28.2. The van der Waals surface area contributed by atoms with Crippen molar-refractivity contribution in [2.24, 2.45) is 5.10 Å². The van der Waals surface area contributed by atoms with Gasteiger partial charge in [0.2, 0.25) is 0 Å². The summed E-state index contributed by atoms with van der Waals surface area (Å²) in [6.07, 6.45) is 4.43. The Kier molecular flexibility index (Phi) is 5.91. The molecule has 9 heteroatoms. The molecule has 0 radical (unpaired) electrons. The Morgan fingerprint density at radius 1 is 0.969 bits per heavy atom. The molecule has 2 aromatic carbocycles. The number of amides is 1. The molecule has 0 bridgehead atoms. The van der Waals surface area contributed by atoms with Crippen molar-refractivity contribution in [2.45, 2.75) is 11.8 Å². The average molecular weight is 446 g/mol. The predicted molar refractivity (Wildman–Crippen MR) is 123 cm³/mol. The third-order valence-electron chi connectivity index (χ3n) is 4.62. The maximum atomic E-state index is 12.8. The Hall–Kier alpha value is -4.11. The van der Waals surface area contributed by atoms with Crippen LogP contribution in [-0.4, -0.2) is 30.5 Å². The fourth-order valence-corrected chi connectivity index (χ4v) is 4.03. The van der Waals surface area contributed by atoms with E-state index in [0.717, 1.165) is 10.9 Å². The van der Waals surface area contributed by atoms with Gasteiger partial charge in [0.1, 0.15) is 0 Å². The molecule has 0 aliphatic rings. The Morgan fingerprint density at radius 2 is 1.72 bits per heavy atom. The third-order valence-corrected chi connectivity index (χ3v) is 6.00. The summed E-state index contributed by atoms with van der Waals surface area (Å²) >= 11 is 0. The van der Waals surface area contributed by atoms with Crippen LogP contribution in [0.2, 0.25) is 0 Å². The first kappa shape index (κ1) is 21.1. The lowest BCUT2D eigenvalue weighted by molar-refractivity contribution is 0.0955. The van der Waals surface area contributed by atoms with E-state index in [4.69, 9.17) is 0 Å². The SMILES string of the molecule is Cc1ccc(S(=O)(=O)Nc2cccc3ccc(/C=N/NC(=O)c4ccncc4)nc23)cc1. The van der Waals surface area contributed by atoms with E-state index in [2.05, 4.69) is 25.2 Å². The van der Waals surface area contributed by atoms with E-state index in [1.54, 1.807) is 60.7 Å². The number of hydrazone groups is 1. The molecule has 4 rings (SSSR count). The van der Waals surface area contributed by atoms with Gasteiger partial charge in [0.05, 0.1) is 28.0 Å². The van der Waals surface area contributed by atoms with Crippen molar-refractivity contribution < 1.29 is 13.2 Å². The Labute approximate surface area is 185 Å². The molecule has 2 aromatic heterocycles. The zero-order valence-electron chi connectivity index (χ0n) is 17.1. The highest BCUT2D eigenvalue weighted by Gasteiger charge is 2.16. The molecule has 0 atom stereocenters. The maximum Gasteiger partial charge on any atom is 0.271 e. The number of rotatable bonds is 6. The van der Waals surface area contributed by atoms with E-state index < -0.39 is 10.0 Å². The minimum atomic E-state index is -3.78. The van der Waals surface area contributed by atoms with Crippen LogP contribution in [0.5, 0.6) is 0 Å². The number of sulfonamides is 1. The lowest BCUT2D eigenvalue weighted by atomic mass is 10.2. The van der Waals surface area contributed by atoms with Gasteiger partial charge in [0.15, 0.2) is 0 Å². The number of hydrogen-bond donors (Lipinski definition) is 2. The van der Waals surface area contributed by atoms with Gasteiger partial charge in [-0.1, -0.05) is 35.9 Å². The molecule has 8 nitrogen and oxygen atoms in total. The minimum Gasteiger partial charge on any atom is -0.277 e. The van der Waals surface area contributed by atoms with Crippen molar-refractivity contribution in [3.05, 3.63) is 95.9 Å². The zero-order chi connectivity index (χ0) is 22.6. The van der Waals surface area contributed by atoms with Crippen LogP contribution in [0.25, 0.3) is 10.9 Å². The van der Waals surface area contributed by atoms with Gasteiger partial charge in [-0.15, -0.1) is 0 Å². The van der Waals surface area contributed by atoms with Gasteiger partial charge >= 0.3 is 0 Å². The summed E-state index contributed by atoms with van der Waals surface area (Å²) in [5, 5.41) is 4.70. The number of pyridine rings is 2. The quantitative estimate of drug-likeness (QED) is 0.348. The average Bonchev–Trinajstić information content (AvgIpc) is 2.80. The Bertz CT molecular complexity index is 1400. The van der Waals surface area contributed by atoms with Crippen LogP contribution in [0.3, 0.4) is 0 Å². The van der Waals surface area contributed by atoms with Crippen LogP contribution in [0.4, 0.5) is 5.69 Å². The van der Waals surface area contributed by atoms with Crippen molar-refractivity contribution in [1.29, 1.82) is 0 Å². The van der Waals surface area contributed by atoms with Gasteiger partial charge in [-0.05, 0) is 43.3 Å². The number of nitrogens with zero attached hydrogens (tertiary/aromatic N) is 3. The number of benzene rings is 2. The van der Waals surface area contributed by atoms with Gasteiger partial charge in [-0.3, -0.25) is 14.5 Å². The molecule has 4 aromatic rings. The second kappa shape index (κ2) is 8.94. The lowest BCUT2D eigenvalue weighted by Crippen LogP contribution is -2.17. The monoisotopic (exact) mass is 445 g/mol. The van der Waals surface area contributed by atoms with Crippen molar-refractivity contribution in [3.8, 4) is 0 Å². The van der Waals surface area contributed by atoms with Gasteiger partial charge in [-0.2, -0.15) is 5.10 Å². The normalized spacial score (nSPS) is 11.5. The lowest BCUT2D eigenvalue weighted by Gasteiger charge is -2.11. The molecule has 0 aliphatic heterocycles. The van der Waals surface area contributed by atoms with Crippen LogP contribution < -0.4 is 10.1 Å². The Balaban J connectivity index is 1.58. The zero-order valence-corrected chi connectivity index (χ0v) is 17.9. The van der Waals surface area contributed by atoms with Crippen LogP contribution in [0.15, 0.2) is 89.1 Å². The minimum absolute atomic E-state index is 0.164. The van der Waals surface area contributed by atoms with Crippen LogP contribution in [0.1, 0.15) is 21.6 Å². The first-order chi connectivity index (χ1) is 15.4. The van der Waals surface area contributed by atoms with Crippen molar-refractivity contribution in [3.63, 3.8) is 0 Å². The smallest absolute Gasteiger partial charge is 0.271 e. The highest BCUT2D eigenvalue weighted by molar-refractivity contribution is 7.92. The number of anilines is 1. The second-order valence-electron chi connectivity index (χ2n) is 6.97. The highest BCUT2D eigenvalue weighted by atomic mass is 32.2. The molecular weight excluding hydrogens is 426 g/mol. The van der Waals surface area contributed by atoms with Crippen molar-refractivity contribution >= 4 is 38.7 Å². The molecule has 2 N–H and O–H groups in total. The molecule has 1 amide bonds. The van der Waals surface area contributed by atoms with E-state index >= 15 is 0 Å². The fraction of sp³-hybridized carbons (Fsp3) is 0.0435. The van der Waals surface area contributed by atoms with E-state index in [9.17, 15) is 13.2 Å². The number of fused-ring (bicyclic) bond motifs is 1. The molecule has 0 saturated heterocycles. The molecular formula is C23H19N5O3S. The summed E-state index contributed by atoms with van der Waals surface area (Å²) in [7, 11) is -3.78. The fourth-order valence-electron chi connectivity index (χ4n) is 2.96. The van der Waals surface area contributed by atoms with Gasteiger partial charge in [0, 0.05) is 23.3 Å². The summed E-state index contributed by atoms with van der Waals surface area (Å²) in [6, 6.07) is 18.5. The maximum absolute atomic E-state index is 12.8. The summed E-state index contributed by atoms with van der Waals surface area (Å²) in [5.74, 6) is -0.379. The van der Waals surface area contributed by atoms with Gasteiger partial charge < -0.3 is 0 Å². The first-order valence-electron chi connectivity index (χ1n) is 9.65. The third kappa shape index (κ3) is 4.79. The molecule has 160 valence electrons. The topological polar surface area (TPSA) is 113 Å². The number of aromatic nitrogens is 2. The van der Waals surface area contributed by atoms with Gasteiger partial charge in [-0.25, -0.2) is 18.8 Å². The van der Waals surface area contributed by atoms with E-state index in [-0.39, 0.29) is 10.8 Å². The number of hydrogen-bond acceptors (Lipinski definition) is 6. The van der Waals surface area contributed by atoms with Crippen LogP contribution in [0, 0.1) is 6.92 Å². The molecule has 32 heavy (non-hydrogen) atoms. The molecule has 2 heterocycles. The number of aryl methyl sites for hydroxylation is 1. The highest BCUT2D eigenvalue weighted by Crippen LogP contribution is 2.24. The summed E-state index contributed by atoms with van der Waals surface area (Å²) in [5.41, 5.74) is 5.09. The summed E-state index contributed by atoms with van der Waals surface area (Å²) in [6.45, 7) is 1.89. The largest absolute Gasteiger partial charge is 0.277 e.